The number of thiazole rings is 1. The molecule has 1 aliphatic heterocycles. The Bertz CT molecular complexity index is 977. The van der Waals surface area contributed by atoms with Crippen molar-refractivity contribution in [2.75, 3.05) is 24.5 Å². The summed E-state index contributed by atoms with van der Waals surface area (Å²) in [4.78, 5) is 25.1. The van der Waals surface area contributed by atoms with Crippen molar-refractivity contribution in [3.63, 3.8) is 0 Å². The molecule has 0 aliphatic carbocycles. The lowest BCUT2D eigenvalue weighted by atomic mass is 9.97. The number of rotatable bonds is 6. The molecule has 3 aromatic heterocycles. The van der Waals surface area contributed by atoms with Crippen LogP contribution in [0, 0.1) is 19.8 Å². The van der Waals surface area contributed by atoms with E-state index in [0.29, 0.717) is 6.54 Å². The van der Waals surface area contributed by atoms with Crippen LogP contribution in [0.4, 0.5) is 5.13 Å². The molecule has 1 amide bonds. The van der Waals surface area contributed by atoms with Crippen LogP contribution >= 0.6 is 11.3 Å². The van der Waals surface area contributed by atoms with Gasteiger partial charge >= 0.3 is 0 Å². The van der Waals surface area contributed by atoms with Crippen molar-refractivity contribution in [2.24, 2.45) is 5.92 Å². The van der Waals surface area contributed by atoms with E-state index in [1.165, 1.54) is 11.3 Å². The third-order valence-corrected chi connectivity index (χ3v) is 6.76. The first kappa shape index (κ1) is 19.8. The molecule has 0 radical (unpaired) electrons. The first-order valence-corrected chi connectivity index (χ1v) is 11.2. The molecule has 1 fully saturated rings. The van der Waals surface area contributed by atoms with Crippen LogP contribution in [0.15, 0.2) is 18.3 Å². The Morgan fingerprint density at radius 3 is 3.00 bits per heavy atom. The van der Waals surface area contributed by atoms with Crippen molar-refractivity contribution in [1.82, 2.24) is 25.1 Å². The normalized spacial score (nSPS) is 17.1. The molecule has 1 atom stereocenters. The van der Waals surface area contributed by atoms with Gasteiger partial charge in [0.05, 0.1) is 11.6 Å². The molecule has 4 heterocycles. The van der Waals surface area contributed by atoms with Crippen LogP contribution in [-0.4, -0.2) is 45.3 Å². The topological polar surface area (TPSA) is 75.9 Å². The van der Waals surface area contributed by atoms with Crippen LogP contribution < -0.4 is 10.2 Å². The molecule has 1 aliphatic rings. The number of carbonyl (C=O) groups is 1. The second-order valence-corrected chi connectivity index (χ2v) is 8.57. The van der Waals surface area contributed by atoms with E-state index in [2.05, 4.69) is 34.1 Å². The van der Waals surface area contributed by atoms with Gasteiger partial charge in [0, 0.05) is 38.1 Å². The van der Waals surface area contributed by atoms with Gasteiger partial charge in [0.15, 0.2) is 5.13 Å². The van der Waals surface area contributed by atoms with Gasteiger partial charge < -0.3 is 10.2 Å². The molecule has 1 N–H and O–H groups in total. The average Bonchev–Trinajstić information content (AvgIpc) is 3.29. The summed E-state index contributed by atoms with van der Waals surface area (Å²) in [5.74, 6) is 0.149. The molecule has 7 nitrogen and oxygen atoms in total. The van der Waals surface area contributed by atoms with Crippen LogP contribution in [0.3, 0.4) is 0 Å². The summed E-state index contributed by atoms with van der Waals surface area (Å²) < 4.78 is 2.03. The van der Waals surface area contributed by atoms with E-state index in [0.717, 1.165) is 60.1 Å². The molecule has 3 aromatic rings. The van der Waals surface area contributed by atoms with E-state index in [-0.39, 0.29) is 11.8 Å². The van der Waals surface area contributed by atoms with Gasteiger partial charge in [0.2, 0.25) is 5.91 Å². The number of nitrogens with zero attached hydrogens (tertiary/aromatic N) is 5. The fraction of sp³-hybridized carbons (Fsp3) is 0.524. The summed E-state index contributed by atoms with van der Waals surface area (Å²) >= 11 is 1.60. The largest absolute Gasteiger partial charge is 0.355 e. The van der Waals surface area contributed by atoms with E-state index < -0.39 is 0 Å². The van der Waals surface area contributed by atoms with Crippen molar-refractivity contribution < 1.29 is 4.79 Å². The van der Waals surface area contributed by atoms with Gasteiger partial charge in [-0.25, -0.2) is 9.97 Å². The highest BCUT2D eigenvalue weighted by Crippen LogP contribution is 2.30. The minimum absolute atomic E-state index is 0.00396. The lowest BCUT2D eigenvalue weighted by molar-refractivity contribution is -0.125. The number of hydrogen-bond donors (Lipinski definition) is 1. The highest BCUT2D eigenvalue weighted by Gasteiger charge is 2.27. The average molecular weight is 413 g/mol. The molecular formula is C21H28N6OS. The molecule has 4 rings (SSSR count). The van der Waals surface area contributed by atoms with E-state index in [4.69, 9.17) is 4.98 Å². The first-order valence-electron chi connectivity index (χ1n) is 10.3. The number of pyridine rings is 1. The predicted molar refractivity (Wildman–Crippen MR) is 116 cm³/mol. The van der Waals surface area contributed by atoms with Crippen molar-refractivity contribution in [3.8, 4) is 0 Å². The molecule has 154 valence electrons. The van der Waals surface area contributed by atoms with E-state index >= 15 is 0 Å². The Balaban J connectivity index is 1.34. The summed E-state index contributed by atoms with van der Waals surface area (Å²) in [6.07, 6.45) is 4.55. The Morgan fingerprint density at radius 1 is 1.38 bits per heavy atom. The van der Waals surface area contributed by atoms with Gasteiger partial charge in [0.25, 0.3) is 0 Å². The van der Waals surface area contributed by atoms with Gasteiger partial charge in [-0.3, -0.25) is 9.48 Å². The van der Waals surface area contributed by atoms with E-state index in [1.54, 1.807) is 17.5 Å². The van der Waals surface area contributed by atoms with Crippen molar-refractivity contribution >= 4 is 32.7 Å². The fourth-order valence-corrected chi connectivity index (χ4v) is 5.06. The van der Waals surface area contributed by atoms with E-state index in [9.17, 15) is 4.79 Å². The van der Waals surface area contributed by atoms with Gasteiger partial charge in [0.1, 0.15) is 10.3 Å². The zero-order valence-corrected chi connectivity index (χ0v) is 18.1. The lowest BCUT2D eigenvalue weighted by Crippen LogP contribution is -2.43. The standard InChI is InChI=1S/C21H28N6OS/c1-4-27-15(3)17(14(2)25-27)9-11-22-19(28)16-7-6-12-26(13-16)21-24-18-8-5-10-23-20(18)29-21/h5,8,10,16H,4,6-7,9,11-13H2,1-3H3,(H,22,28)/t16-/m0/s1. The highest BCUT2D eigenvalue weighted by molar-refractivity contribution is 7.21. The monoisotopic (exact) mass is 412 g/mol. The number of aryl methyl sites for hydroxylation is 2. The molecule has 1 saturated heterocycles. The second kappa shape index (κ2) is 8.49. The van der Waals surface area contributed by atoms with Crippen molar-refractivity contribution in [1.29, 1.82) is 0 Å². The summed E-state index contributed by atoms with van der Waals surface area (Å²) in [7, 11) is 0. The molecule has 0 bridgehead atoms. The number of piperidine rings is 1. The first-order chi connectivity index (χ1) is 14.1. The van der Waals surface area contributed by atoms with Gasteiger partial charge in [-0.2, -0.15) is 5.10 Å². The maximum atomic E-state index is 12.8. The van der Waals surface area contributed by atoms with Crippen LogP contribution in [0.5, 0.6) is 0 Å². The molecular weight excluding hydrogens is 384 g/mol. The van der Waals surface area contributed by atoms with Crippen LogP contribution in [-0.2, 0) is 17.8 Å². The fourth-order valence-electron chi connectivity index (χ4n) is 4.12. The lowest BCUT2D eigenvalue weighted by Gasteiger charge is -2.31. The maximum absolute atomic E-state index is 12.8. The molecule has 29 heavy (non-hydrogen) atoms. The molecule has 0 aromatic carbocycles. The SMILES string of the molecule is CCn1nc(C)c(CCNC(=O)[C@H]2CCCN(c3nc4cccnc4s3)C2)c1C. The van der Waals surface area contributed by atoms with Crippen molar-refractivity contribution in [2.45, 2.75) is 46.6 Å². The summed E-state index contributed by atoms with van der Waals surface area (Å²) in [6.45, 7) is 9.43. The van der Waals surface area contributed by atoms with Crippen LogP contribution in [0.1, 0.15) is 36.7 Å². The zero-order valence-electron chi connectivity index (χ0n) is 17.3. The molecule has 8 heteroatoms. The minimum Gasteiger partial charge on any atom is -0.355 e. The number of carbonyl (C=O) groups excluding carboxylic acids is 1. The van der Waals surface area contributed by atoms with Crippen LogP contribution in [0.2, 0.25) is 0 Å². The Morgan fingerprint density at radius 2 is 2.24 bits per heavy atom. The molecule has 0 spiro atoms. The Kier molecular flexibility index (Phi) is 5.80. The van der Waals surface area contributed by atoms with Gasteiger partial charge in [-0.1, -0.05) is 11.3 Å². The van der Waals surface area contributed by atoms with Crippen molar-refractivity contribution in [3.05, 3.63) is 35.3 Å². The number of amides is 1. The number of anilines is 1. The Hall–Kier alpha value is -2.48. The number of nitrogens with one attached hydrogen (secondary N) is 1. The highest BCUT2D eigenvalue weighted by atomic mass is 32.1. The van der Waals surface area contributed by atoms with Crippen LogP contribution in [0.25, 0.3) is 10.3 Å². The number of hydrogen-bond acceptors (Lipinski definition) is 6. The maximum Gasteiger partial charge on any atom is 0.224 e. The van der Waals surface area contributed by atoms with Gasteiger partial charge in [-0.05, 0) is 57.7 Å². The van der Waals surface area contributed by atoms with E-state index in [1.807, 2.05) is 23.7 Å². The second-order valence-electron chi connectivity index (χ2n) is 7.62. The molecule has 0 unspecified atom stereocenters. The Labute approximate surface area is 175 Å². The summed E-state index contributed by atoms with van der Waals surface area (Å²) in [5.41, 5.74) is 4.44. The smallest absolute Gasteiger partial charge is 0.224 e. The quantitative estimate of drug-likeness (QED) is 0.673. The molecule has 0 saturated carbocycles. The summed E-state index contributed by atoms with van der Waals surface area (Å²) in [5, 5.41) is 8.68. The minimum atomic E-state index is 0.00396. The number of aromatic nitrogens is 4. The van der Waals surface area contributed by atoms with Gasteiger partial charge in [-0.15, -0.1) is 0 Å². The third-order valence-electron chi connectivity index (χ3n) is 5.72. The summed E-state index contributed by atoms with van der Waals surface area (Å²) in [6, 6.07) is 3.90. The zero-order chi connectivity index (χ0) is 20.4. The number of fused-ring (bicyclic) bond motifs is 1. The predicted octanol–water partition coefficient (Wildman–Crippen LogP) is 3.10. The third kappa shape index (κ3) is 4.12.